The van der Waals surface area contributed by atoms with Crippen LogP contribution in [0.3, 0.4) is 0 Å². The number of anilines is 1. The van der Waals surface area contributed by atoms with Gasteiger partial charge in [0.05, 0.1) is 12.2 Å². The van der Waals surface area contributed by atoms with E-state index < -0.39 is 16.0 Å². The Labute approximate surface area is 218 Å². The summed E-state index contributed by atoms with van der Waals surface area (Å²) in [5.41, 5.74) is 0. The van der Waals surface area contributed by atoms with Gasteiger partial charge in [-0.3, -0.25) is 15.0 Å². The molecule has 1 aromatic rings. The molecule has 1 aromatic heterocycles. The van der Waals surface area contributed by atoms with E-state index in [4.69, 9.17) is 5.11 Å². The number of carboxylic acids is 1. The Bertz CT molecular complexity index is 963. The van der Waals surface area contributed by atoms with Crippen LogP contribution < -0.4 is 5.32 Å². The molecular formula is C24H39N5O5S2. The van der Waals surface area contributed by atoms with Gasteiger partial charge in [0.1, 0.15) is 0 Å². The lowest BCUT2D eigenvalue weighted by Crippen LogP contribution is -2.50. The molecule has 0 spiro atoms. The minimum atomic E-state index is -3.55. The van der Waals surface area contributed by atoms with Crippen LogP contribution in [0, 0.1) is 0 Å². The fraction of sp³-hybridized carbons (Fsp3) is 0.792. The summed E-state index contributed by atoms with van der Waals surface area (Å²) in [6.45, 7) is 2.49. The molecule has 1 saturated heterocycles. The summed E-state index contributed by atoms with van der Waals surface area (Å²) in [6, 6.07) is 0.628. The van der Waals surface area contributed by atoms with E-state index in [9.17, 15) is 18.0 Å². The highest BCUT2D eigenvalue weighted by atomic mass is 32.2. The highest BCUT2D eigenvalue weighted by molar-refractivity contribution is 7.89. The summed E-state index contributed by atoms with van der Waals surface area (Å²) >= 11 is 1.47. The zero-order valence-corrected chi connectivity index (χ0v) is 22.6. The number of piperazine rings is 1. The Hall–Kier alpha value is -1.76. The second kappa shape index (κ2) is 12.7. The standard InChI is InChI=1S/C24H39N5O5S2/c30-22(31)11-16-36(33,34)28-14-12-27(13-15-28)18-21-17-25-23(35-21)26-24(32)29(19-7-3-1-4-8-19)20-9-5-2-6-10-20/h17,19-20H,1-16,18H2,(H,30,31)(H,25,26,32). The number of sulfonamides is 1. The number of aliphatic carboxylic acids is 1. The van der Waals surface area contributed by atoms with Gasteiger partial charge in [0.15, 0.2) is 5.13 Å². The van der Waals surface area contributed by atoms with Gasteiger partial charge in [-0.15, -0.1) is 11.3 Å². The summed E-state index contributed by atoms with van der Waals surface area (Å²) in [7, 11) is -3.55. The highest BCUT2D eigenvalue weighted by Crippen LogP contribution is 2.31. The normalized spacial score (nSPS) is 21.3. The minimum Gasteiger partial charge on any atom is -0.481 e. The maximum absolute atomic E-state index is 13.4. The topological polar surface area (TPSA) is 123 Å². The average molecular weight is 542 g/mol. The smallest absolute Gasteiger partial charge is 0.324 e. The van der Waals surface area contributed by atoms with Crippen LogP contribution in [0.2, 0.25) is 0 Å². The van der Waals surface area contributed by atoms with Gasteiger partial charge >= 0.3 is 12.0 Å². The van der Waals surface area contributed by atoms with E-state index in [1.165, 1.54) is 54.2 Å². The van der Waals surface area contributed by atoms with Crippen molar-refractivity contribution in [3.63, 3.8) is 0 Å². The number of rotatable bonds is 9. The SMILES string of the molecule is O=C(O)CCS(=O)(=O)N1CCN(Cc2cnc(NC(=O)N(C3CCCCC3)C3CCCCC3)s2)CC1. The Morgan fingerprint density at radius 2 is 1.58 bits per heavy atom. The van der Waals surface area contributed by atoms with Gasteiger partial charge in [0.25, 0.3) is 0 Å². The number of aromatic nitrogens is 1. The lowest BCUT2D eigenvalue weighted by atomic mass is 9.89. The third-order valence-corrected chi connectivity index (χ3v) is 10.4. The van der Waals surface area contributed by atoms with Crippen LogP contribution in [0.4, 0.5) is 9.93 Å². The number of carbonyl (C=O) groups excluding carboxylic acids is 1. The minimum absolute atomic E-state index is 0.0186. The predicted molar refractivity (Wildman–Crippen MR) is 140 cm³/mol. The first-order chi connectivity index (χ1) is 17.3. The van der Waals surface area contributed by atoms with Crippen molar-refractivity contribution >= 4 is 38.5 Å². The Balaban J connectivity index is 1.30. The van der Waals surface area contributed by atoms with Crippen LogP contribution in [0.25, 0.3) is 0 Å². The van der Waals surface area contributed by atoms with E-state index in [0.29, 0.717) is 49.9 Å². The van der Waals surface area contributed by atoms with Gasteiger partial charge in [-0.05, 0) is 25.7 Å². The van der Waals surface area contributed by atoms with Crippen LogP contribution in [-0.4, -0.2) is 88.6 Å². The first kappa shape index (κ1) is 27.3. The van der Waals surface area contributed by atoms with E-state index in [2.05, 4.69) is 20.1 Å². The maximum Gasteiger partial charge on any atom is 0.324 e. The van der Waals surface area contributed by atoms with Crippen molar-refractivity contribution in [3.8, 4) is 0 Å². The Morgan fingerprint density at radius 3 is 2.14 bits per heavy atom. The van der Waals surface area contributed by atoms with Gasteiger partial charge in [0.2, 0.25) is 10.0 Å². The van der Waals surface area contributed by atoms with Gasteiger partial charge in [-0.2, -0.15) is 4.31 Å². The molecule has 2 N–H and O–H groups in total. The molecule has 0 radical (unpaired) electrons. The molecule has 0 bridgehead atoms. The second-order valence-corrected chi connectivity index (χ2v) is 13.4. The molecule has 4 rings (SSSR count). The fourth-order valence-corrected chi connectivity index (χ4v) is 7.93. The van der Waals surface area contributed by atoms with Gasteiger partial charge in [0, 0.05) is 55.9 Å². The quantitative estimate of drug-likeness (QED) is 0.490. The van der Waals surface area contributed by atoms with E-state index in [-0.39, 0.29) is 18.2 Å². The van der Waals surface area contributed by atoms with Crippen molar-refractivity contribution in [1.82, 2.24) is 19.1 Å². The molecule has 36 heavy (non-hydrogen) atoms. The number of nitrogens with one attached hydrogen (secondary N) is 1. The third kappa shape index (κ3) is 7.39. The number of carbonyl (C=O) groups is 2. The zero-order valence-electron chi connectivity index (χ0n) is 20.9. The van der Waals surface area contributed by atoms with Crippen molar-refractivity contribution in [1.29, 1.82) is 0 Å². The molecular weight excluding hydrogens is 502 g/mol. The van der Waals surface area contributed by atoms with Crippen LogP contribution >= 0.6 is 11.3 Å². The van der Waals surface area contributed by atoms with Crippen molar-refractivity contribution in [2.45, 2.75) is 89.3 Å². The van der Waals surface area contributed by atoms with Crippen LogP contribution in [0.5, 0.6) is 0 Å². The van der Waals surface area contributed by atoms with E-state index >= 15 is 0 Å². The number of amides is 2. The molecule has 3 fully saturated rings. The molecule has 3 aliphatic rings. The molecule has 0 aromatic carbocycles. The zero-order chi connectivity index (χ0) is 25.5. The lowest BCUT2D eigenvalue weighted by Gasteiger charge is -2.41. The summed E-state index contributed by atoms with van der Waals surface area (Å²) < 4.78 is 26.1. The molecule has 2 aliphatic carbocycles. The summed E-state index contributed by atoms with van der Waals surface area (Å²) in [5, 5.41) is 12.5. The molecule has 1 aliphatic heterocycles. The summed E-state index contributed by atoms with van der Waals surface area (Å²) in [4.78, 5) is 33.9. The molecule has 202 valence electrons. The lowest BCUT2D eigenvalue weighted by molar-refractivity contribution is -0.136. The number of thiazole rings is 1. The van der Waals surface area contributed by atoms with Gasteiger partial charge < -0.3 is 10.0 Å². The predicted octanol–water partition coefficient (Wildman–Crippen LogP) is 3.56. The molecule has 10 nitrogen and oxygen atoms in total. The van der Waals surface area contributed by atoms with Crippen LogP contribution in [0.15, 0.2) is 6.20 Å². The molecule has 12 heteroatoms. The Kier molecular flexibility index (Phi) is 9.59. The van der Waals surface area contributed by atoms with Crippen molar-refractivity contribution in [3.05, 3.63) is 11.1 Å². The fourth-order valence-electron chi connectivity index (χ4n) is 5.67. The average Bonchev–Trinajstić information content (AvgIpc) is 3.31. The number of hydrogen-bond acceptors (Lipinski definition) is 7. The number of urea groups is 1. The van der Waals surface area contributed by atoms with Gasteiger partial charge in [-0.1, -0.05) is 38.5 Å². The summed E-state index contributed by atoms with van der Waals surface area (Å²) in [5.74, 6) is -1.47. The highest BCUT2D eigenvalue weighted by Gasteiger charge is 2.33. The molecule has 2 saturated carbocycles. The number of hydrogen-bond donors (Lipinski definition) is 2. The second-order valence-electron chi connectivity index (χ2n) is 10.2. The number of nitrogens with zero attached hydrogens (tertiary/aromatic N) is 4. The molecule has 2 amide bonds. The van der Waals surface area contributed by atoms with Crippen molar-refractivity contribution in [2.24, 2.45) is 0 Å². The van der Waals surface area contributed by atoms with E-state index in [1.807, 2.05) is 0 Å². The monoisotopic (exact) mass is 541 g/mol. The maximum atomic E-state index is 13.4. The van der Waals surface area contributed by atoms with Crippen LogP contribution in [0.1, 0.15) is 75.5 Å². The largest absolute Gasteiger partial charge is 0.481 e. The van der Waals surface area contributed by atoms with Gasteiger partial charge in [-0.25, -0.2) is 18.2 Å². The molecule has 2 heterocycles. The van der Waals surface area contributed by atoms with E-state index in [1.54, 1.807) is 6.20 Å². The molecule has 0 unspecified atom stereocenters. The van der Waals surface area contributed by atoms with Crippen molar-refractivity contribution in [2.75, 3.05) is 37.2 Å². The first-order valence-electron chi connectivity index (χ1n) is 13.3. The third-order valence-electron chi connectivity index (χ3n) is 7.62. The van der Waals surface area contributed by atoms with Crippen molar-refractivity contribution < 1.29 is 23.1 Å². The molecule has 0 atom stereocenters. The first-order valence-corrected chi connectivity index (χ1v) is 15.7. The van der Waals surface area contributed by atoms with Crippen LogP contribution in [-0.2, 0) is 21.4 Å². The van der Waals surface area contributed by atoms with E-state index in [0.717, 1.165) is 30.6 Å². The number of carboxylic acid groups (broad SMARTS) is 1. The Morgan fingerprint density at radius 1 is 1.00 bits per heavy atom. The summed E-state index contributed by atoms with van der Waals surface area (Å²) in [6.07, 6.45) is 13.1.